The van der Waals surface area contributed by atoms with Gasteiger partial charge in [0.25, 0.3) is 0 Å². The predicted octanol–water partition coefficient (Wildman–Crippen LogP) is 3.44. The molecule has 2 aromatic rings. The molecule has 1 aromatic carbocycles. The second-order valence-corrected chi connectivity index (χ2v) is 4.98. The molecule has 0 bridgehead atoms. The highest BCUT2D eigenvalue weighted by Gasteiger charge is 2.06. The van der Waals surface area contributed by atoms with E-state index in [9.17, 15) is 0 Å². The van der Waals surface area contributed by atoms with Crippen LogP contribution in [0.2, 0.25) is 5.15 Å². The summed E-state index contributed by atoms with van der Waals surface area (Å²) in [5.41, 5.74) is 9.72. The van der Waals surface area contributed by atoms with Gasteiger partial charge >= 0.3 is 0 Å². The van der Waals surface area contributed by atoms with Gasteiger partial charge in [0.05, 0.1) is 5.69 Å². The quantitative estimate of drug-likeness (QED) is 0.844. The summed E-state index contributed by atoms with van der Waals surface area (Å²) in [5.74, 6) is 0.570. The van der Waals surface area contributed by atoms with Crippen molar-refractivity contribution in [3.05, 3.63) is 41.0 Å². The Morgan fingerprint density at radius 2 is 1.95 bits per heavy atom. The van der Waals surface area contributed by atoms with E-state index in [-0.39, 0.29) is 0 Å². The number of nitrogens with zero attached hydrogens (tertiary/aromatic N) is 2. The molecule has 0 fully saturated rings. The number of aryl methyl sites for hydroxylation is 1. The standard InChI is InChI=1S/C14H17ClN4/c1-9-4-5-10(8-12(9)19(2)3)17-14-11(16)6-7-13(15)18-14/h4-8H,16H2,1-3H3,(H,17,18). The lowest BCUT2D eigenvalue weighted by atomic mass is 10.1. The van der Waals surface area contributed by atoms with Crippen molar-refractivity contribution in [2.45, 2.75) is 6.92 Å². The van der Waals surface area contributed by atoms with Crippen molar-refractivity contribution in [3.8, 4) is 0 Å². The maximum atomic E-state index is 5.88. The largest absolute Gasteiger partial charge is 0.396 e. The highest BCUT2D eigenvalue weighted by atomic mass is 35.5. The van der Waals surface area contributed by atoms with E-state index in [1.807, 2.05) is 20.2 Å². The second kappa shape index (κ2) is 5.36. The van der Waals surface area contributed by atoms with Gasteiger partial charge in [0.2, 0.25) is 0 Å². The highest BCUT2D eigenvalue weighted by molar-refractivity contribution is 6.29. The van der Waals surface area contributed by atoms with Gasteiger partial charge in [0.1, 0.15) is 5.15 Å². The number of nitrogens with one attached hydrogen (secondary N) is 1. The summed E-state index contributed by atoms with van der Waals surface area (Å²) < 4.78 is 0. The molecule has 4 nitrogen and oxygen atoms in total. The van der Waals surface area contributed by atoms with Crippen LogP contribution in [0.1, 0.15) is 5.56 Å². The lowest BCUT2D eigenvalue weighted by Crippen LogP contribution is -2.10. The number of anilines is 4. The fraction of sp³-hybridized carbons (Fsp3) is 0.214. The Balaban J connectivity index is 2.33. The Morgan fingerprint density at radius 1 is 1.21 bits per heavy atom. The van der Waals surface area contributed by atoms with Gasteiger partial charge in [0, 0.05) is 25.5 Å². The third kappa shape index (κ3) is 3.09. The highest BCUT2D eigenvalue weighted by Crippen LogP contribution is 2.27. The zero-order chi connectivity index (χ0) is 14.0. The molecule has 1 heterocycles. The van der Waals surface area contributed by atoms with Crippen molar-refractivity contribution in [1.29, 1.82) is 0 Å². The molecule has 0 spiro atoms. The van der Waals surface area contributed by atoms with Crippen LogP contribution in [0.4, 0.5) is 22.9 Å². The number of hydrogen-bond donors (Lipinski definition) is 2. The van der Waals surface area contributed by atoms with Crippen molar-refractivity contribution in [2.75, 3.05) is 30.0 Å². The number of nitrogen functional groups attached to an aromatic ring is 1. The molecule has 19 heavy (non-hydrogen) atoms. The molecule has 0 atom stereocenters. The first-order valence-electron chi connectivity index (χ1n) is 5.94. The van der Waals surface area contributed by atoms with E-state index < -0.39 is 0 Å². The average molecular weight is 277 g/mol. The van der Waals surface area contributed by atoms with Crippen LogP contribution in [0.3, 0.4) is 0 Å². The maximum Gasteiger partial charge on any atom is 0.155 e. The monoisotopic (exact) mass is 276 g/mol. The fourth-order valence-corrected chi connectivity index (χ4v) is 2.00. The lowest BCUT2D eigenvalue weighted by Gasteiger charge is -2.17. The van der Waals surface area contributed by atoms with Crippen molar-refractivity contribution >= 4 is 34.5 Å². The van der Waals surface area contributed by atoms with E-state index in [0.29, 0.717) is 16.7 Å². The van der Waals surface area contributed by atoms with Gasteiger partial charge in [0.15, 0.2) is 5.82 Å². The van der Waals surface area contributed by atoms with Crippen LogP contribution in [0.25, 0.3) is 0 Å². The summed E-state index contributed by atoms with van der Waals surface area (Å²) >= 11 is 5.88. The number of aromatic nitrogens is 1. The van der Waals surface area contributed by atoms with Crippen molar-refractivity contribution < 1.29 is 0 Å². The smallest absolute Gasteiger partial charge is 0.155 e. The summed E-state index contributed by atoms with van der Waals surface area (Å²) in [4.78, 5) is 6.25. The zero-order valence-corrected chi connectivity index (χ0v) is 12.0. The number of rotatable bonds is 3. The Hall–Kier alpha value is -1.94. The van der Waals surface area contributed by atoms with Crippen LogP contribution in [-0.2, 0) is 0 Å². The van der Waals surface area contributed by atoms with Crippen LogP contribution in [0.5, 0.6) is 0 Å². The molecule has 2 rings (SSSR count). The van der Waals surface area contributed by atoms with Crippen LogP contribution in [-0.4, -0.2) is 19.1 Å². The topological polar surface area (TPSA) is 54.2 Å². The molecule has 0 unspecified atom stereocenters. The first-order valence-corrected chi connectivity index (χ1v) is 6.32. The molecule has 0 aliphatic heterocycles. The summed E-state index contributed by atoms with van der Waals surface area (Å²) in [7, 11) is 4.02. The minimum absolute atomic E-state index is 0.414. The summed E-state index contributed by atoms with van der Waals surface area (Å²) in [5, 5.41) is 3.60. The van der Waals surface area contributed by atoms with Gasteiger partial charge < -0.3 is 16.0 Å². The molecule has 0 amide bonds. The van der Waals surface area contributed by atoms with E-state index in [2.05, 4.69) is 34.3 Å². The minimum Gasteiger partial charge on any atom is -0.396 e. The number of benzene rings is 1. The second-order valence-electron chi connectivity index (χ2n) is 4.59. The van der Waals surface area contributed by atoms with E-state index in [0.717, 1.165) is 11.4 Å². The summed E-state index contributed by atoms with van der Waals surface area (Å²) in [6.07, 6.45) is 0. The molecule has 5 heteroatoms. The van der Waals surface area contributed by atoms with Gasteiger partial charge in [-0.3, -0.25) is 0 Å². The molecular weight excluding hydrogens is 260 g/mol. The Morgan fingerprint density at radius 3 is 2.63 bits per heavy atom. The predicted molar refractivity (Wildman–Crippen MR) is 82.4 cm³/mol. The molecule has 3 N–H and O–H groups in total. The van der Waals surface area contributed by atoms with Gasteiger partial charge in [-0.05, 0) is 36.8 Å². The van der Waals surface area contributed by atoms with E-state index >= 15 is 0 Å². The summed E-state index contributed by atoms with van der Waals surface area (Å²) in [6.45, 7) is 2.07. The normalized spacial score (nSPS) is 10.3. The van der Waals surface area contributed by atoms with Gasteiger partial charge in [-0.2, -0.15) is 0 Å². The maximum absolute atomic E-state index is 5.88. The van der Waals surface area contributed by atoms with E-state index in [4.69, 9.17) is 17.3 Å². The average Bonchev–Trinajstić information content (AvgIpc) is 2.36. The van der Waals surface area contributed by atoms with Gasteiger partial charge in [-0.1, -0.05) is 17.7 Å². The van der Waals surface area contributed by atoms with Crippen molar-refractivity contribution in [2.24, 2.45) is 0 Å². The number of pyridine rings is 1. The molecule has 0 saturated heterocycles. The Labute approximate surface area is 118 Å². The van der Waals surface area contributed by atoms with Crippen LogP contribution < -0.4 is 16.0 Å². The molecule has 0 radical (unpaired) electrons. The minimum atomic E-state index is 0.414. The van der Waals surface area contributed by atoms with Crippen molar-refractivity contribution in [1.82, 2.24) is 4.98 Å². The number of halogens is 1. The number of hydrogen-bond acceptors (Lipinski definition) is 4. The van der Waals surface area contributed by atoms with Crippen LogP contribution in [0, 0.1) is 6.92 Å². The Kier molecular flexibility index (Phi) is 3.81. The fourth-order valence-electron chi connectivity index (χ4n) is 1.85. The third-order valence-corrected chi connectivity index (χ3v) is 3.06. The first-order chi connectivity index (χ1) is 8.97. The molecule has 0 aliphatic carbocycles. The van der Waals surface area contributed by atoms with Crippen LogP contribution in [0.15, 0.2) is 30.3 Å². The number of nitrogens with two attached hydrogens (primary N) is 1. The molecule has 0 saturated carbocycles. The zero-order valence-electron chi connectivity index (χ0n) is 11.2. The van der Waals surface area contributed by atoms with Crippen molar-refractivity contribution in [3.63, 3.8) is 0 Å². The lowest BCUT2D eigenvalue weighted by molar-refractivity contribution is 1.11. The SMILES string of the molecule is Cc1ccc(Nc2nc(Cl)ccc2N)cc1N(C)C. The van der Waals surface area contributed by atoms with E-state index in [1.165, 1.54) is 5.56 Å². The molecule has 100 valence electrons. The van der Waals surface area contributed by atoms with Crippen LogP contribution >= 0.6 is 11.6 Å². The summed E-state index contributed by atoms with van der Waals surface area (Å²) in [6, 6.07) is 9.50. The van der Waals surface area contributed by atoms with E-state index in [1.54, 1.807) is 12.1 Å². The van der Waals surface area contributed by atoms with Gasteiger partial charge in [-0.25, -0.2) is 4.98 Å². The third-order valence-electron chi connectivity index (χ3n) is 2.85. The Bertz CT molecular complexity index is 596. The molecule has 0 aliphatic rings. The first kappa shape index (κ1) is 13.5. The van der Waals surface area contributed by atoms with Gasteiger partial charge in [-0.15, -0.1) is 0 Å². The molecule has 1 aromatic heterocycles. The molecular formula is C14H17ClN4.